The molecule has 0 saturated carbocycles. The number of halogens is 1. The van der Waals surface area contributed by atoms with Crippen LogP contribution in [0.3, 0.4) is 0 Å². The molecule has 1 heterocycles. The third kappa shape index (κ3) is 5.87. The van der Waals surface area contributed by atoms with Crippen LogP contribution in [-0.4, -0.2) is 22.4 Å². The first kappa shape index (κ1) is 17.2. The Labute approximate surface area is 141 Å². The molecular formula is C17H21ClN4O. The number of nitrogens with one attached hydrogen (secondary N) is 2. The molecular weight excluding hydrogens is 312 g/mol. The maximum atomic E-state index is 12.0. The second-order valence-corrected chi connectivity index (χ2v) is 5.67. The maximum absolute atomic E-state index is 12.0. The summed E-state index contributed by atoms with van der Waals surface area (Å²) in [5, 5.41) is 6.67. The van der Waals surface area contributed by atoms with Crippen molar-refractivity contribution < 1.29 is 4.79 Å². The summed E-state index contributed by atoms with van der Waals surface area (Å²) in [5.41, 5.74) is 1.28. The average molecular weight is 333 g/mol. The second kappa shape index (κ2) is 9.10. The van der Waals surface area contributed by atoms with Gasteiger partial charge < -0.3 is 10.6 Å². The molecule has 2 aromatic rings. The number of unbranched alkanes of at least 4 members (excludes halogenated alkanes) is 2. The van der Waals surface area contributed by atoms with E-state index in [1.807, 2.05) is 12.1 Å². The molecule has 1 aromatic heterocycles. The Hall–Kier alpha value is -2.14. The number of carbonyl (C=O) groups excluding carboxylic acids is 1. The molecule has 1 amide bonds. The highest BCUT2D eigenvalue weighted by Crippen LogP contribution is 2.09. The minimum Gasteiger partial charge on any atom is -0.369 e. The van der Waals surface area contributed by atoms with Crippen LogP contribution < -0.4 is 10.6 Å². The van der Waals surface area contributed by atoms with Crippen LogP contribution in [0.4, 0.5) is 5.82 Å². The molecule has 0 bridgehead atoms. The van der Waals surface area contributed by atoms with Gasteiger partial charge >= 0.3 is 0 Å². The quantitative estimate of drug-likeness (QED) is 0.724. The van der Waals surface area contributed by atoms with Gasteiger partial charge in [0.05, 0.1) is 12.4 Å². The Morgan fingerprint density at radius 3 is 2.57 bits per heavy atom. The highest BCUT2D eigenvalue weighted by molar-refractivity contribution is 6.30. The first-order valence-electron chi connectivity index (χ1n) is 7.77. The molecule has 0 aliphatic carbocycles. The zero-order chi connectivity index (χ0) is 16.5. The number of nitrogens with zero attached hydrogens (tertiary/aromatic N) is 2. The SMILES string of the molecule is CCCCCNc1cnc(C(=O)NCc2ccc(Cl)cc2)cn1. The number of aromatic nitrogens is 2. The monoisotopic (exact) mass is 332 g/mol. The van der Waals surface area contributed by atoms with Gasteiger partial charge in [-0.3, -0.25) is 4.79 Å². The second-order valence-electron chi connectivity index (χ2n) is 5.23. The lowest BCUT2D eigenvalue weighted by Gasteiger charge is -2.07. The van der Waals surface area contributed by atoms with E-state index in [0.29, 0.717) is 23.1 Å². The molecule has 0 saturated heterocycles. The minimum absolute atomic E-state index is 0.245. The van der Waals surface area contributed by atoms with Gasteiger partial charge in [-0.05, 0) is 24.1 Å². The normalized spacial score (nSPS) is 10.3. The van der Waals surface area contributed by atoms with Crippen LogP contribution >= 0.6 is 11.6 Å². The van der Waals surface area contributed by atoms with Crippen LogP contribution in [-0.2, 0) is 6.54 Å². The largest absolute Gasteiger partial charge is 0.369 e. The lowest BCUT2D eigenvalue weighted by atomic mass is 10.2. The van der Waals surface area contributed by atoms with E-state index < -0.39 is 0 Å². The number of rotatable bonds is 8. The maximum Gasteiger partial charge on any atom is 0.271 e. The first-order chi connectivity index (χ1) is 11.2. The molecule has 0 aliphatic rings. The molecule has 1 aromatic carbocycles. The minimum atomic E-state index is -0.245. The van der Waals surface area contributed by atoms with E-state index in [1.165, 1.54) is 19.0 Å². The van der Waals surface area contributed by atoms with E-state index in [-0.39, 0.29) is 5.91 Å². The van der Waals surface area contributed by atoms with Crippen LogP contribution in [0.1, 0.15) is 42.2 Å². The van der Waals surface area contributed by atoms with Gasteiger partial charge in [-0.15, -0.1) is 0 Å². The van der Waals surface area contributed by atoms with E-state index in [1.54, 1.807) is 18.3 Å². The van der Waals surface area contributed by atoms with Gasteiger partial charge in [0.2, 0.25) is 0 Å². The Morgan fingerprint density at radius 1 is 1.13 bits per heavy atom. The summed E-state index contributed by atoms with van der Waals surface area (Å²) < 4.78 is 0. The summed E-state index contributed by atoms with van der Waals surface area (Å²) in [5.74, 6) is 0.445. The van der Waals surface area contributed by atoms with Crippen molar-refractivity contribution in [3.63, 3.8) is 0 Å². The van der Waals surface area contributed by atoms with Crippen molar-refractivity contribution in [3.05, 3.63) is 52.9 Å². The zero-order valence-corrected chi connectivity index (χ0v) is 13.9. The smallest absolute Gasteiger partial charge is 0.271 e. The molecule has 0 atom stereocenters. The first-order valence-corrected chi connectivity index (χ1v) is 8.15. The number of hydrogen-bond donors (Lipinski definition) is 2. The molecule has 0 unspecified atom stereocenters. The fourth-order valence-electron chi connectivity index (χ4n) is 2.00. The summed E-state index contributed by atoms with van der Waals surface area (Å²) >= 11 is 5.83. The molecule has 0 spiro atoms. The number of carbonyl (C=O) groups is 1. The average Bonchev–Trinajstić information content (AvgIpc) is 2.58. The Morgan fingerprint density at radius 2 is 1.91 bits per heavy atom. The molecule has 0 radical (unpaired) electrons. The van der Waals surface area contributed by atoms with Crippen molar-refractivity contribution >= 4 is 23.3 Å². The molecule has 5 nitrogen and oxygen atoms in total. The highest BCUT2D eigenvalue weighted by atomic mass is 35.5. The van der Waals surface area contributed by atoms with Gasteiger partial charge in [0, 0.05) is 18.1 Å². The van der Waals surface area contributed by atoms with Crippen molar-refractivity contribution in [2.75, 3.05) is 11.9 Å². The van der Waals surface area contributed by atoms with E-state index in [2.05, 4.69) is 27.5 Å². The van der Waals surface area contributed by atoms with Gasteiger partial charge in [-0.25, -0.2) is 9.97 Å². The van der Waals surface area contributed by atoms with Crippen LogP contribution in [0.5, 0.6) is 0 Å². The van der Waals surface area contributed by atoms with E-state index in [9.17, 15) is 4.79 Å². The third-order valence-corrected chi connectivity index (χ3v) is 3.59. The fraction of sp³-hybridized carbons (Fsp3) is 0.353. The molecule has 0 aliphatic heterocycles. The van der Waals surface area contributed by atoms with E-state index in [0.717, 1.165) is 18.5 Å². The van der Waals surface area contributed by atoms with Crippen molar-refractivity contribution in [2.45, 2.75) is 32.7 Å². The number of hydrogen-bond acceptors (Lipinski definition) is 4. The Bertz CT molecular complexity index is 613. The Balaban J connectivity index is 1.81. The zero-order valence-electron chi connectivity index (χ0n) is 13.2. The summed E-state index contributed by atoms with van der Waals surface area (Å²) in [6, 6.07) is 7.33. The van der Waals surface area contributed by atoms with Crippen LogP contribution in [0, 0.1) is 0 Å². The van der Waals surface area contributed by atoms with Crippen LogP contribution in [0.25, 0.3) is 0 Å². The van der Waals surface area contributed by atoms with Crippen molar-refractivity contribution in [1.29, 1.82) is 0 Å². The summed E-state index contributed by atoms with van der Waals surface area (Å²) in [4.78, 5) is 20.4. The predicted octanol–water partition coefficient (Wildman–Crippen LogP) is 3.66. The number of benzene rings is 1. The summed E-state index contributed by atoms with van der Waals surface area (Å²) in [6.07, 6.45) is 6.54. The highest BCUT2D eigenvalue weighted by Gasteiger charge is 2.07. The standard InChI is InChI=1S/C17H21ClN4O/c1-2-3-4-9-19-16-12-20-15(11-21-16)17(23)22-10-13-5-7-14(18)8-6-13/h5-8,11-12H,2-4,9-10H2,1H3,(H,19,21)(H,22,23). The van der Waals surface area contributed by atoms with Gasteiger partial charge in [-0.2, -0.15) is 0 Å². The number of anilines is 1. The topological polar surface area (TPSA) is 66.9 Å². The third-order valence-electron chi connectivity index (χ3n) is 3.34. The Kier molecular flexibility index (Phi) is 6.81. The van der Waals surface area contributed by atoms with Crippen molar-refractivity contribution in [2.24, 2.45) is 0 Å². The molecule has 2 rings (SSSR count). The van der Waals surface area contributed by atoms with Gasteiger partial charge in [-0.1, -0.05) is 43.5 Å². The van der Waals surface area contributed by atoms with Crippen LogP contribution in [0.15, 0.2) is 36.7 Å². The molecule has 23 heavy (non-hydrogen) atoms. The summed E-state index contributed by atoms with van der Waals surface area (Å²) in [7, 11) is 0. The lowest BCUT2D eigenvalue weighted by molar-refractivity contribution is 0.0945. The van der Waals surface area contributed by atoms with Crippen molar-refractivity contribution in [1.82, 2.24) is 15.3 Å². The van der Waals surface area contributed by atoms with Gasteiger partial charge in [0.15, 0.2) is 0 Å². The van der Waals surface area contributed by atoms with E-state index >= 15 is 0 Å². The molecule has 6 heteroatoms. The van der Waals surface area contributed by atoms with Crippen molar-refractivity contribution in [3.8, 4) is 0 Å². The van der Waals surface area contributed by atoms with Gasteiger partial charge in [0.1, 0.15) is 11.5 Å². The molecule has 2 N–H and O–H groups in total. The van der Waals surface area contributed by atoms with Gasteiger partial charge in [0.25, 0.3) is 5.91 Å². The van der Waals surface area contributed by atoms with E-state index in [4.69, 9.17) is 11.6 Å². The lowest BCUT2D eigenvalue weighted by Crippen LogP contribution is -2.24. The summed E-state index contributed by atoms with van der Waals surface area (Å²) in [6.45, 7) is 3.45. The molecule has 122 valence electrons. The van der Waals surface area contributed by atoms with Crippen LogP contribution in [0.2, 0.25) is 5.02 Å². The fourth-order valence-corrected chi connectivity index (χ4v) is 2.13. The molecule has 0 fully saturated rings. The predicted molar refractivity (Wildman–Crippen MR) is 92.7 cm³/mol. The number of amides is 1.